The molecule has 1 atom stereocenters. The van der Waals surface area contributed by atoms with Gasteiger partial charge in [-0.25, -0.2) is 4.39 Å². The van der Waals surface area contributed by atoms with Crippen molar-refractivity contribution in [2.45, 2.75) is 20.3 Å². The highest BCUT2D eigenvalue weighted by molar-refractivity contribution is 7.99. The zero-order valence-electron chi connectivity index (χ0n) is 10.7. The fraction of sp³-hybridized carbons (Fsp3) is 0.462. The van der Waals surface area contributed by atoms with E-state index in [9.17, 15) is 9.18 Å². The number of benzene rings is 1. The second-order valence-corrected chi connectivity index (χ2v) is 5.34. The van der Waals surface area contributed by atoms with Crippen LogP contribution in [0.15, 0.2) is 18.2 Å². The van der Waals surface area contributed by atoms with E-state index in [0.717, 1.165) is 12.2 Å². The molecule has 1 aromatic carbocycles. The van der Waals surface area contributed by atoms with Crippen LogP contribution in [0.3, 0.4) is 0 Å². The van der Waals surface area contributed by atoms with Crippen LogP contribution in [0.25, 0.3) is 0 Å². The topological polar surface area (TPSA) is 55.1 Å². The highest BCUT2D eigenvalue weighted by Crippen LogP contribution is 2.19. The molecule has 5 heteroatoms. The third kappa shape index (κ3) is 4.96. The number of nitrogen functional groups attached to an aromatic ring is 1. The summed E-state index contributed by atoms with van der Waals surface area (Å²) in [7, 11) is 0. The minimum atomic E-state index is -0.410. The summed E-state index contributed by atoms with van der Waals surface area (Å²) in [6.45, 7) is 4.27. The van der Waals surface area contributed by atoms with Crippen molar-refractivity contribution in [2.75, 3.05) is 22.6 Å². The maximum Gasteiger partial charge on any atom is 0.234 e. The van der Waals surface area contributed by atoms with Crippen LogP contribution in [0.2, 0.25) is 0 Å². The van der Waals surface area contributed by atoms with Gasteiger partial charge in [0.1, 0.15) is 5.82 Å². The van der Waals surface area contributed by atoms with Crippen LogP contribution >= 0.6 is 11.8 Å². The molecule has 18 heavy (non-hydrogen) atoms. The Morgan fingerprint density at radius 1 is 1.56 bits per heavy atom. The van der Waals surface area contributed by atoms with E-state index in [0.29, 0.717) is 23.0 Å². The summed E-state index contributed by atoms with van der Waals surface area (Å²) in [5.74, 6) is 1.34. The Kier molecular flexibility index (Phi) is 5.98. The molecule has 0 fully saturated rings. The number of carbonyl (C=O) groups is 1. The van der Waals surface area contributed by atoms with E-state index in [4.69, 9.17) is 5.73 Å². The number of anilines is 2. The highest BCUT2D eigenvalue weighted by Gasteiger charge is 2.07. The van der Waals surface area contributed by atoms with E-state index < -0.39 is 5.82 Å². The van der Waals surface area contributed by atoms with E-state index in [-0.39, 0.29) is 5.91 Å². The van der Waals surface area contributed by atoms with Gasteiger partial charge in [0.15, 0.2) is 0 Å². The van der Waals surface area contributed by atoms with Crippen molar-refractivity contribution in [2.24, 2.45) is 5.92 Å². The number of hydrogen-bond donors (Lipinski definition) is 2. The molecule has 1 rings (SSSR count). The first-order chi connectivity index (χ1) is 8.52. The quantitative estimate of drug-likeness (QED) is 0.781. The minimum absolute atomic E-state index is 0.152. The smallest absolute Gasteiger partial charge is 0.234 e. The summed E-state index contributed by atoms with van der Waals surface area (Å²) < 4.78 is 13.0. The van der Waals surface area contributed by atoms with E-state index in [2.05, 4.69) is 19.2 Å². The van der Waals surface area contributed by atoms with Crippen molar-refractivity contribution in [1.29, 1.82) is 0 Å². The summed E-state index contributed by atoms with van der Waals surface area (Å²) in [6.07, 6.45) is 1.10. The van der Waals surface area contributed by atoms with Crippen molar-refractivity contribution >= 4 is 29.0 Å². The zero-order chi connectivity index (χ0) is 13.5. The van der Waals surface area contributed by atoms with Gasteiger partial charge in [0.2, 0.25) is 5.91 Å². The molecule has 0 aliphatic heterocycles. The predicted octanol–water partition coefficient (Wildman–Crippen LogP) is 3.13. The van der Waals surface area contributed by atoms with Gasteiger partial charge in [0, 0.05) is 0 Å². The van der Waals surface area contributed by atoms with Gasteiger partial charge in [-0.15, -0.1) is 0 Å². The summed E-state index contributed by atoms with van der Waals surface area (Å²) >= 11 is 1.58. The van der Waals surface area contributed by atoms with Crippen LogP contribution in [0.5, 0.6) is 0 Å². The van der Waals surface area contributed by atoms with Crippen molar-refractivity contribution < 1.29 is 9.18 Å². The Balaban J connectivity index is 2.42. The first kappa shape index (κ1) is 14.8. The van der Waals surface area contributed by atoms with Gasteiger partial charge >= 0.3 is 0 Å². The Labute approximate surface area is 111 Å². The molecule has 1 unspecified atom stereocenters. The fourth-order valence-corrected chi connectivity index (χ4v) is 2.31. The molecule has 0 spiro atoms. The number of thioether (sulfide) groups is 1. The SMILES string of the molecule is CCC(C)CSCC(=O)Nc1cc(F)ccc1N. The summed E-state index contributed by atoms with van der Waals surface area (Å²) in [6, 6.07) is 3.94. The number of hydrogen-bond acceptors (Lipinski definition) is 3. The summed E-state index contributed by atoms with van der Waals surface area (Å²) in [5, 5.41) is 2.62. The predicted molar refractivity (Wildman–Crippen MR) is 76.2 cm³/mol. The Morgan fingerprint density at radius 2 is 2.28 bits per heavy atom. The van der Waals surface area contributed by atoms with E-state index in [1.54, 1.807) is 11.8 Å². The molecule has 3 nitrogen and oxygen atoms in total. The van der Waals surface area contributed by atoms with E-state index in [1.807, 2.05) is 0 Å². The Hall–Kier alpha value is -1.23. The maximum absolute atomic E-state index is 13.0. The lowest BCUT2D eigenvalue weighted by Gasteiger charge is -2.09. The third-order valence-electron chi connectivity index (χ3n) is 2.62. The standard InChI is InChI=1S/C13H19FN2OS/c1-3-9(2)7-18-8-13(17)16-12-6-10(14)4-5-11(12)15/h4-6,9H,3,7-8,15H2,1-2H3,(H,16,17). The second kappa shape index (κ2) is 7.26. The first-order valence-corrected chi connectivity index (χ1v) is 7.11. The zero-order valence-corrected chi connectivity index (χ0v) is 11.5. The lowest BCUT2D eigenvalue weighted by Crippen LogP contribution is -2.16. The third-order valence-corrected chi connectivity index (χ3v) is 3.89. The molecule has 1 aromatic rings. The van der Waals surface area contributed by atoms with Gasteiger partial charge in [-0.05, 0) is 29.9 Å². The van der Waals surface area contributed by atoms with E-state index in [1.165, 1.54) is 18.2 Å². The average Bonchev–Trinajstić information content (AvgIpc) is 2.33. The van der Waals surface area contributed by atoms with E-state index >= 15 is 0 Å². The van der Waals surface area contributed by atoms with Gasteiger partial charge in [0.05, 0.1) is 17.1 Å². The number of nitrogens with two attached hydrogens (primary N) is 1. The molecule has 0 saturated heterocycles. The number of carbonyl (C=O) groups excluding carboxylic acids is 1. The molecule has 1 amide bonds. The molecule has 0 heterocycles. The summed E-state index contributed by atoms with van der Waals surface area (Å²) in [4.78, 5) is 11.6. The maximum atomic E-state index is 13.0. The van der Waals surface area contributed by atoms with Gasteiger partial charge in [-0.1, -0.05) is 20.3 Å². The molecule has 0 aliphatic carbocycles. The number of rotatable bonds is 6. The molecule has 3 N–H and O–H groups in total. The van der Waals surface area contributed by atoms with Gasteiger partial charge in [-0.2, -0.15) is 11.8 Å². The van der Waals surface area contributed by atoms with Crippen LogP contribution in [0.1, 0.15) is 20.3 Å². The van der Waals surface area contributed by atoms with Crippen LogP contribution in [-0.4, -0.2) is 17.4 Å². The highest BCUT2D eigenvalue weighted by atomic mass is 32.2. The second-order valence-electron chi connectivity index (χ2n) is 4.31. The van der Waals surface area contributed by atoms with Crippen molar-refractivity contribution in [1.82, 2.24) is 0 Å². The van der Waals surface area contributed by atoms with Gasteiger partial charge in [0.25, 0.3) is 0 Å². The molecule has 0 bridgehead atoms. The summed E-state index contributed by atoms with van der Waals surface area (Å²) in [5.41, 5.74) is 6.36. The van der Waals surface area contributed by atoms with Gasteiger partial charge < -0.3 is 11.1 Å². The van der Waals surface area contributed by atoms with Crippen LogP contribution in [0, 0.1) is 11.7 Å². The molecule has 0 saturated carbocycles. The lowest BCUT2D eigenvalue weighted by molar-refractivity contribution is -0.113. The van der Waals surface area contributed by atoms with Crippen molar-refractivity contribution in [3.05, 3.63) is 24.0 Å². The van der Waals surface area contributed by atoms with Crippen molar-refractivity contribution in [3.8, 4) is 0 Å². The molecular weight excluding hydrogens is 251 g/mol. The normalized spacial score (nSPS) is 12.2. The van der Waals surface area contributed by atoms with Crippen LogP contribution < -0.4 is 11.1 Å². The van der Waals surface area contributed by atoms with Crippen LogP contribution in [0.4, 0.5) is 15.8 Å². The molecule has 0 aliphatic rings. The monoisotopic (exact) mass is 270 g/mol. The Bertz CT molecular complexity index is 412. The van der Waals surface area contributed by atoms with Crippen molar-refractivity contribution in [3.63, 3.8) is 0 Å². The van der Waals surface area contributed by atoms with Gasteiger partial charge in [-0.3, -0.25) is 4.79 Å². The number of amides is 1. The molecule has 100 valence electrons. The molecular formula is C13H19FN2OS. The largest absolute Gasteiger partial charge is 0.397 e. The Morgan fingerprint density at radius 3 is 2.94 bits per heavy atom. The first-order valence-electron chi connectivity index (χ1n) is 5.95. The lowest BCUT2D eigenvalue weighted by atomic mass is 10.2. The fourth-order valence-electron chi connectivity index (χ4n) is 1.29. The minimum Gasteiger partial charge on any atom is -0.397 e. The van der Waals surface area contributed by atoms with Crippen LogP contribution in [-0.2, 0) is 4.79 Å². The average molecular weight is 270 g/mol. The molecule has 0 radical (unpaired) electrons. The number of halogens is 1. The molecule has 0 aromatic heterocycles. The number of nitrogens with one attached hydrogen (secondary N) is 1.